The van der Waals surface area contributed by atoms with Crippen LogP contribution in [0.5, 0.6) is 0 Å². The number of nitrogens with one attached hydrogen (secondary N) is 1. The van der Waals surface area contributed by atoms with E-state index in [0.717, 1.165) is 45.0 Å². The van der Waals surface area contributed by atoms with E-state index < -0.39 is 0 Å². The third-order valence-corrected chi connectivity index (χ3v) is 7.12. The number of imidazole rings is 1. The maximum Gasteiger partial charge on any atom is 0.180 e. The summed E-state index contributed by atoms with van der Waals surface area (Å²) < 4.78 is 2.86. The fourth-order valence-corrected chi connectivity index (χ4v) is 5.14. The van der Waals surface area contributed by atoms with E-state index in [1.807, 2.05) is 31.5 Å². The number of hydrogen-bond donors (Lipinski definition) is 1. The Kier molecular flexibility index (Phi) is 5.83. The van der Waals surface area contributed by atoms with Crippen molar-refractivity contribution >= 4 is 33.2 Å². The number of carbonyl (C=O) groups is 1. The molecular weight excluding hydrogens is 452 g/mol. The van der Waals surface area contributed by atoms with Crippen LogP contribution in [0.15, 0.2) is 35.2 Å². The summed E-state index contributed by atoms with van der Waals surface area (Å²) in [4.78, 5) is 21.9. The number of anilines is 1. The summed E-state index contributed by atoms with van der Waals surface area (Å²) in [6.45, 7) is 2.97. The minimum absolute atomic E-state index is 0.269. The summed E-state index contributed by atoms with van der Waals surface area (Å²) in [7, 11) is 0. The standard InChI is InChI=1S/C25H29BrN4O/c1-16-11-19(9-10-20(16)22(31)12-17-7-8-17)21-14-28-25-24(29-23(26)15-30(21)25)27-13-18-5-3-2-4-6-18/h9-11,14-15,17-18H,2-8,12-13H2,1H3,(H,27,29). The fraction of sp³-hybridized carbons (Fsp3) is 0.480. The second-order valence-corrected chi connectivity index (χ2v) is 10.0. The first-order chi connectivity index (χ1) is 15.1. The van der Waals surface area contributed by atoms with Gasteiger partial charge in [0.1, 0.15) is 4.60 Å². The van der Waals surface area contributed by atoms with Crippen LogP contribution < -0.4 is 5.32 Å². The van der Waals surface area contributed by atoms with Gasteiger partial charge in [-0.25, -0.2) is 9.97 Å². The molecule has 1 aromatic carbocycles. The first-order valence-corrected chi connectivity index (χ1v) is 12.3. The van der Waals surface area contributed by atoms with Crippen LogP contribution in [0.1, 0.15) is 67.3 Å². The van der Waals surface area contributed by atoms with E-state index >= 15 is 0 Å². The summed E-state index contributed by atoms with van der Waals surface area (Å²) in [5.74, 6) is 2.41. The van der Waals surface area contributed by atoms with Crippen LogP contribution in [0.2, 0.25) is 0 Å². The van der Waals surface area contributed by atoms with Crippen molar-refractivity contribution in [2.24, 2.45) is 11.8 Å². The van der Waals surface area contributed by atoms with Gasteiger partial charge in [-0.1, -0.05) is 31.4 Å². The quantitative estimate of drug-likeness (QED) is 0.395. The lowest BCUT2D eigenvalue weighted by atomic mass is 9.89. The van der Waals surface area contributed by atoms with Gasteiger partial charge in [0.2, 0.25) is 0 Å². The largest absolute Gasteiger partial charge is 0.367 e. The van der Waals surface area contributed by atoms with Crippen molar-refractivity contribution in [3.8, 4) is 11.3 Å². The molecule has 6 heteroatoms. The minimum atomic E-state index is 0.269. The van der Waals surface area contributed by atoms with Gasteiger partial charge >= 0.3 is 0 Å². The molecule has 31 heavy (non-hydrogen) atoms. The number of ketones is 1. The van der Waals surface area contributed by atoms with Gasteiger partial charge in [-0.05, 0) is 72.0 Å². The lowest BCUT2D eigenvalue weighted by Crippen LogP contribution is -2.18. The third kappa shape index (κ3) is 4.54. The molecule has 2 aromatic heterocycles. The third-order valence-electron chi connectivity index (χ3n) is 6.74. The van der Waals surface area contributed by atoms with E-state index in [1.54, 1.807) is 0 Å². The van der Waals surface area contributed by atoms with Crippen LogP contribution in [0, 0.1) is 18.8 Å². The van der Waals surface area contributed by atoms with Crippen molar-refractivity contribution in [1.82, 2.24) is 14.4 Å². The zero-order chi connectivity index (χ0) is 21.4. The van der Waals surface area contributed by atoms with Crippen molar-refractivity contribution in [2.75, 3.05) is 11.9 Å². The number of hydrogen-bond acceptors (Lipinski definition) is 4. The van der Waals surface area contributed by atoms with E-state index in [1.165, 1.54) is 44.9 Å². The zero-order valence-electron chi connectivity index (χ0n) is 18.0. The molecule has 5 nitrogen and oxygen atoms in total. The van der Waals surface area contributed by atoms with E-state index in [0.29, 0.717) is 18.3 Å². The highest BCUT2D eigenvalue weighted by atomic mass is 79.9. The molecular formula is C25H29BrN4O. The number of benzene rings is 1. The second-order valence-electron chi connectivity index (χ2n) is 9.23. The molecule has 2 aliphatic carbocycles. The molecule has 0 spiro atoms. The SMILES string of the molecule is Cc1cc(-c2cnc3c(NCC4CCCCC4)nc(Br)cn23)ccc1C(=O)CC1CC1. The van der Waals surface area contributed by atoms with E-state index in [4.69, 9.17) is 0 Å². The molecule has 0 amide bonds. The Bertz CT molecular complexity index is 1110. The number of aromatic nitrogens is 3. The van der Waals surface area contributed by atoms with Gasteiger partial charge < -0.3 is 5.32 Å². The lowest BCUT2D eigenvalue weighted by Gasteiger charge is -2.22. The number of fused-ring (bicyclic) bond motifs is 1. The zero-order valence-corrected chi connectivity index (χ0v) is 19.6. The van der Waals surface area contributed by atoms with Gasteiger partial charge in [0.05, 0.1) is 11.9 Å². The second kappa shape index (κ2) is 8.73. The number of halogens is 1. The van der Waals surface area contributed by atoms with Crippen molar-refractivity contribution in [2.45, 2.75) is 58.3 Å². The van der Waals surface area contributed by atoms with E-state index in [-0.39, 0.29) is 5.78 Å². The van der Waals surface area contributed by atoms with Gasteiger partial charge in [0.25, 0.3) is 0 Å². The Balaban J connectivity index is 1.41. The van der Waals surface area contributed by atoms with Crippen LogP contribution >= 0.6 is 15.9 Å². The van der Waals surface area contributed by atoms with Gasteiger partial charge in [-0.3, -0.25) is 9.20 Å². The highest BCUT2D eigenvalue weighted by Gasteiger charge is 2.25. The van der Waals surface area contributed by atoms with Crippen molar-refractivity contribution in [3.63, 3.8) is 0 Å². The van der Waals surface area contributed by atoms with E-state index in [2.05, 4.69) is 41.7 Å². The Morgan fingerprint density at radius 3 is 2.71 bits per heavy atom. The highest BCUT2D eigenvalue weighted by molar-refractivity contribution is 9.10. The van der Waals surface area contributed by atoms with E-state index in [9.17, 15) is 4.79 Å². The molecule has 0 bridgehead atoms. The molecule has 0 aliphatic heterocycles. The Morgan fingerprint density at radius 1 is 1.16 bits per heavy atom. The predicted molar refractivity (Wildman–Crippen MR) is 128 cm³/mol. The average molecular weight is 481 g/mol. The summed E-state index contributed by atoms with van der Waals surface area (Å²) in [6, 6.07) is 6.13. The molecule has 2 aliphatic rings. The number of rotatable bonds is 7. The van der Waals surface area contributed by atoms with Gasteiger partial charge in [-0.2, -0.15) is 0 Å². The summed E-state index contributed by atoms with van der Waals surface area (Å²) in [6.07, 6.45) is 13.6. The Hall–Kier alpha value is -2.21. The summed E-state index contributed by atoms with van der Waals surface area (Å²) in [5, 5.41) is 3.55. The topological polar surface area (TPSA) is 59.3 Å². The maximum absolute atomic E-state index is 12.6. The molecule has 0 unspecified atom stereocenters. The lowest BCUT2D eigenvalue weighted by molar-refractivity contribution is 0.0975. The van der Waals surface area contributed by atoms with Gasteiger partial charge in [0, 0.05) is 30.3 Å². The molecule has 1 N–H and O–H groups in total. The van der Waals surface area contributed by atoms with Crippen molar-refractivity contribution in [1.29, 1.82) is 0 Å². The average Bonchev–Trinajstić information content (AvgIpc) is 3.48. The highest BCUT2D eigenvalue weighted by Crippen LogP contribution is 2.34. The first kappa shape index (κ1) is 20.7. The number of nitrogens with zero attached hydrogens (tertiary/aromatic N) is 3. The number of aryl methyl sites for hydroxylation is 1. The molecule has 0 atom stereocenters. The van der Waals surface area contributed by atoms with Gasteiger partial charge in [-0.15, -0.1) is 0 Å². The molecule has 0 radical (unpaired) electrons. The van der Waals surface area contributed by atoms with Crippen molar-refractivity contribution < 1.29 is 4.79 Å². The Morgan fingerprint density at radius 2 is 1.97 bits per heavy atom. The molecule has 2 heterocycles. The van der Waals surface area contributed by atoms with Gasteiger partial charge in [0.15, 0.2) is 17.2 Å². The molecule has 5 rings (SSSR count). The molecule has 162 valence electrons. The number of carbonyl (C=O) groups excluding carboxylic acids is 1. The predicted octanol–water partition coefficient (Wildman–Crippen LogP) is 6.44. The maximum atomic E-state index is 12.6. The monoisotopic (exact) mass is 480 g/mol. The molecule has 0 saturated heterocycles. The van der Waals surface area contributed by atoms with Crippen LogP contribution in [0.3, 0.4) is 0 Å². The smallest absolute Gasteiger partial charge is 0.180 e. The Labute approximate surface area is 191 Å². The van der Waals surface area contributed by atoms with Crippen LogP contribution in [0.4, 0.5) is 5.82 Å². The first-order valence-electron chi connectivity index (χ1n) is 11.5. The normalized spacial score (nSPS) is 17.2. The van der Waals surface area contributed by atoms with Crippen LogP contribution in [-0.4, -0.2) is 26.7 Å². The molecule has 3 aromatic rings. The van der Waals surface area contributed by atoms with Crippen LogP contribution in [-0.2, 0) is 0 Å². The molecule has 2 saturated carbocycles. The van der Waals surface area contributed by atoms with Crippen molar-refractivity contribution in [3.05, 3.63) is 46.3 Å². The summed E-state index contributed by atoms with van der Waals surface area (Å²) >= 11 is 3.57. The minimum Gasteiger partial charge on any atom is -0.367 e. The fourth-order valence-electron chi connectivity index (χ4n) is 4.75. The number of Topliss-reactive ketones (excluding diaryl/α,β-unsaturated/α-hetero) is 1. The van der Waals surface area contributed by atoms with Crippen LogP contribution in [0.25, 0.3) is 16.9 Å². The molecule has 2 fully saturated rings. The summed E-state index contributed by atoms with van der Waals surface area (Å²) in [5.41, 5.74) is 4.77.